The summed E-state index contributed by atoms with van der Waals surface area (Å²) in [5, 5.41) is 5.12. The van der Waals surface area contributed by atoms with Crippen LogP contribution in [-0.4, -0.2) is 29.3 Å². The lowest BCUT2D eigenvalue weighted by Crippen LogP contribution is -2.36. The molecule has 1 aromatic heterocycles. The molecule has 2 heterocycles. The van der Waals surface area contributed by atoms with E-state index in [-0.39, 0.29) is 12.5 Å². The van der Waals surface area contributed by atoms with E-state index in [1.165, 1.54) is 0 Å². The van der Waals surface area contributed by atoms with Gasteiger partial charge in [-0.05, 0) is 42.7 Å². The lowest BCUT2D eigenvalue weighted by atomic mass is 10.1. The number of nitrogens with zero attached hydrogens (tertiary/aromatic N) is 2. The number of nitrogens with one attached hydrogen (secondary N) is 2. The molecule has 7 heteroatoms. The van der Waals surface area contributed by atoms with Crippen LogP contribution in [0.25, 0.3) is 0 Å². The summed E-state index contributed by atoms with van der Waals surface area (Å²) < 4.78 is 0. The van der Waals surface area contributed by atoms with E-state index in [1.807, 2.05) is 12.1 Å². The summed E-state index contributed by atoms with van der Waals surface area (Å²) in [6, 6.07) is 10.5. The highest BCUT2D eigenvalue weighted by Gasteiger charge is 2.20. The van der Waals surface area contributed by atoms with Gasteiger partial charge in [-0.3, -0.25) is 19.4 Å². The molecule has 134 valence electrons. The topological polar surface area (TPSA) is 91.4 Å². The average molecular weight is 352 g/mol. The predicted molar refractivity (Wildman–Crippen MR) is 97.4 cm³/mol. The first-order valence-electron chi connectivity index (χ1n) is 8.52. The van der Waals surface area contributed by atoms with Gasteiger partial charge in [-0.2, -0.15) is 0 Å². The van der Waals surface area contributed by atoms with Crippen molar-refractivity contribution < 1.29 is 14.4 Å². The van der Waals surface area contributed by atoms with Gasteiger partial charge in [0.1, 0.15) is 0 Å². The van der Waals surface area contributed by atoms with Gasteiger partial charge in [0.25, 0.3) is 0 Å². The van der Waals surface area contributed by atoms with E-state index < -0.39 is 11.8 Å². The summed E-state index contributed by atoms with van der Waals surface area (Å²) in [7, 11) is 0. The number of carbonyl (C=O) groups excluding carboxylic acids is 3. The normalized spacial score (nSPS) is 14.0. The summed E-state index contributed by atoms with van der Waals surface area (Å²) in [5.41, 5.74) is 2.00. The van der Waals surface area contributed by atoms with Gasteiger partial charge >= 0.3 is 11.8 Å². The molecule has 1 saturated heterocycles. The Morgan fingerprint density at radius 1 is 1.12 bits per heavy atom. The van der Waals surface area contributed by atoms with Crippen molar-refractivity contribution in [1.82, 2.24) is 10.3 Å². The number of benzene rings is 1. The monoisotopic (exact) mass is 352 g/mol. The van der Waals surface area contributed by atoms with Crippen LogP contribution < -0.4 is 15.5 Å². The van der Waals surface area contributed by atoms with Gasteiger partial charge in [0.15, 0.2) is 0 Å². The van der Waals surface area contributed by atoms with E-state index in [0.717, 1.165) is 24.1 Å². The number of amides is 3. The van der Waals surface area contributed by atoms with Crippen LogP contribution in [0.5, 0.6) is 0 Å². The Morgan fingerprint density at radius 2 is 2.00 bits per heavy atom. The molecule has 1 aliphatic heterocycles. The van der Waals surface area contributed by atoms with E-state index in [1.54, 1.807) is 41.6 Å². The van der Waals surface area contributed by atoms with Crippen LogP contribution >= 0.6 is 0 Å². The molecule has 0 saturated carbocycles. The molecule has 1 aliphatic rings. The van der Waals surface area contributed by atoms with Gasteiger partial charge in [0.05, 0.1) is 0 Å². The van der Waals surface area contributed by atoms with Crippen molar-refractivity contribution in [2.24, 2.45) is 0 Å². The van der Waals surface area contributed by atoms with Crippen molar-refractivity contribution in [1.29, 1.82) is 0 Å². The Morgan fingerprint density at radius 3 is 2.77 bits per heavy atom. The van der Waals surface area contributed by atoms with E-state index in [4.69, 9.17) is 0 Å². The summed E-state index contributed by atoms with van der Waals surface area (Å²) in [6.07, 6.45) is 5.66. The zero-order valence-corrected chi connectivity index (χ0v) is 14.3. The quantitative estimate of drug-likeness (QED) is 0.822. The maximum atomic E-state index is 12.1. The first-order chi connectivity index (χ1) is 12.6. The molecular weight excluding hydrogens is 332 g/mol. The van der Waals surface area contributed by atoms with Crippen LogP contribution in [0.1, 0.15) is 24.8 Å². The fraction of sp³-hybridized carbons (Fsp3) is 0.263. The second-order valence-corrected chi connectivity index (χ2v) is 6.05. The lowest BCUT2D eigenvalue weighted by Gasteiger charge is -2.27. The molecule has 0 atom stereocenters. The number of anilines is 2. The lowest BCUT2D eigenvalue weighted by molar-refractivity contribution is -0.136. The highest BCUT2D eigenvalue weighted by molar-refractivity contribution is 6.39. The van der Waals surface area contributed by atoms with Gasteiger partial charge in [-0.25, -0.2) is 0 Å². The molecule has 1 fully saturated rings. The Kier molecular flexibility index (Phi) is 5.58. The zero-order chi connectivity index (χ0) is 18.4. The Labute approximate surface area is 151 Å². The van der Waals surface area contributed by atoms with Crippen molar-refractivity contribution in [3.05, 3.63) is 54.4 Å². The number of hydrogen-bond acceptors (Lipinski definition) is 4. The predicted octanol–water partition coefficient (Wildman–Crippen LogP) is 1.85. The number of piperidine rings is 1. The van der Waals surface area contributed by atoms with Crippen LogP contribution in [0.15, 0.2) is 48.8 Å². The molecule has 1 aromatic carbocycles. The third-order valence-electron chi connectivity index (χ3n) is 4.12. The smallest absolute Gasteiger partial charge is 0.313 e. The second kappa shape index (κ2) is 8.24. The van der Waals surface area contributed by atoms with E-state index in [0.29, 0.717) is 18.7 Å². The fourth-order valence-electron chi connectivity index (χ4n) is 2.78. The molecule has 3 amide bonds. The summed E-state index contributed by atoms with van der Waals surface area (Å²) in [6.45, 7) is 0.893. The fourth-order valence-corrected chi connectivity index (χ4v) is 2.78. The average Bonchev–Trinajstić information content (AvgIpc) is 2.67. The van der Waals surface area contributed by atoms with Gasteiger partial charge < -0.3 is 15.5 Å². The van der Waals surface area contributed by atoms with Gasteiger partial charge in [0.2, 0.25) is 5.91 Å². The van der Waals surface area contributed by atoms with Crippen molar-refractivity contribution in [3.63, 3.8) is 0 Å². The Balaban J connectivity index is 1.59. The number of carbonyl (C=O) groups is 3. The largest absolute Gasteiger partial charge is 0.344 e. The number of aromatic nitrogens is 1. The minimum atomic E-state index is -0.754. The van der Waals surface area contributed by atoms with Crippen molar-refractivity contribution in [2.75, 3.05) is 16.8 Å². The van der Waals surface area contributed by atoms with E-state index in [2.05, 4.69) is 15.6 Å². The Hall–Kier alpha value is -3.22. The molecule has 0 spiro atoms. The summed E-state index contributed by atoms with van der Waals surface area (Å²) >= 11 is 0. The van der Waals surface area contributed by atoms with Crippen LogP contribution in [-0.2, 0) is 20.9 Å². The van der Waals surface area contributed by atoms with E-state index >= 15 is 0 Å². The molecule has 7 nitrogen and oxygen atoms in total. The molecule has 0 unspecified atom stereocenters. The van der Waals surface area contributed by atoms with Gasteiger partial charge in [0, 0.05) is 43.3 Å². The van der Waals surface area contributed by atoms with E-state index in [9.17, 15) is 14.4 Å². The first kappa shape index (κ1) is 17.6. The minimum Gasteiger partial charge on any atom is -0.344 e. The number of pyridine rings is 1. The maximum absolute atomic E-state index is 12.1. The minimum absolute atomic E-state index is 0.0777. The van der Waals surface area contributed by atoms with Crippen molar-refractivity contribution in [2.45, 2.75) is 25.8 Å². The third kappa shape index (κ3) is 4.44. The molecule has 2 N–H and O–H groups in total. The SMILES string of the molecule is O=C(NCc1cccnc1)C(=O)Nc1cccc(N2CCCCC2=O)c1. The van der Waals surface area contributed by atoms with Crippen molar-refractivity contribution in [3.8, 4) is 0 Å². The first-order valence-corrected chi connectivity index (χ1v) is 8.52. The second-order valence-electron chi connectivity index (χ2n) is 6.05. The molecular formula is C19H20N4O3. The molecule has 2 aromatic rings. The maximum Gasteiger partial charge on any atom is 0.313 e. The highest BCUT2D eigenvalue weighted by Crippen LogP contribution is 2.23. The Bertz CT molecular complexity index is 807. The molecule has 3 rings (SSSR count). The van der Waals surface area contributed by atoms with Gasteiger partial charge in [-0.15, -0.1) is 0 Å². The van der Waals surface area contributed by atoms with Crippen LogP contribution in [0.3, 0.4) is 0 Å². The van der Waals surface area contributed by atoms with Crippen LogP contribution in [0, 0.1) is 0 Å². The van der Waals surface area contributed by atoms with Crippen LogP contribution in [0.4, 0.5) is 11.4 Å². The molecule has 0 bridgehead atoms. The standard InChI is InChI=1S/C19H20N4O3/c24-17-8-1-2-10-23(17)16-7-3-6-15(11-16)22-19(26)18(25)21-13-14-5-4-9-20-12-14/h3-7,9,11-12H,1-2,8,10,13H2,(H,21,25)(H,22,26). The zero-order valence-electron chi connectivity index (χ0n) is 14.3. The van der Waals surface area contributed by atoms with Crippen molar-refractivity contribution >= 4 is 29.1 Å². The summed E-state index contributed by atoms with van der Waals surface area (Å²) in [4.78, 5) is 41.7. The van der Waals surface area contributed by atoms with Crippen LogP contribution in [0.2, 0.25) is 0 Å². The number of rotatable bonds is 4. The summed E-state index contributed by atoms with van der Waals surface area (Å²) in [5.74, 6) is -1.40. The van der Waals surface area contributed by atoms with Gasteiger partial charge in [-0.1, -0.05) is 12.1 Å². The number of hydrogen-bond donors (Lipinski definition) is 2. The molecule has 26 heavy (non-hydrogen) atoms. The third-order valence-corrected chi connectivity index (χ3v) is 4.12. The highest BCUT2D eigenvalue weighted by atomic mass is 16.2. The molecule has 0 radical (unpaired) electrons. The molecule has 0 aliphatic carbocycles.